The first-order valence-electron chi connectivity index (χ1n) is 6.30. The van der Waals surface area contributed by atoms with E-state index in [0.717, 1.165) is 24.2 Å². The molecule has 0 aliphatic rings. The van der Waals surface area contributed by atoms with Crippen LogP contribution in [-0.4, -0.2) is 31.1 Å². The van der Waals surface area contributed by atoms with E-state index in [4.69, 9.17) is 4.74 Å². The summed E-state index contributed by atoms with van der Waals surface area (Å²) in [5.74, 6) is 0.986. The van der Waals surface area contributed by atoms with E-state index < -0.39 is 0 Å². The summed E-state index contributed by atoms with van der Waals surface area (Å²) in [5.41, 5.74) is 3.68. The second-order valence-corrected chi connectivity index (χ2v) is 6.24. The third kappa shape index (κ3) is 4.29. The minimum absolute atomic E-state index is 0.114. The summed E-state index contributed by atoms with van der Waals surface area (Å²) >= 11 is 3.46. The Balaban J connectivity index is 2.90. The van der Waals surface area contributed by atoms with Gasteiger partial charge >= 0.3 is 0 Å². The number of halogens is 1. The van der Waals surface area contributed by atoms with Crippen molar-refractivity contribution in [2.75, 3.05) is 26.2 Å². The molecule has 0 heterocycles. The molecule has 0 fully saturated rings. The second-order valence-electron chi connectivity index (χ2n) is 5.73. The fraction of sp³-hybridized carbons (Fsp3) is 0.600. The van der Waals surface area contributed by atoms with Crippen molar-refractivity contribution in [2.45, 2.75) is 32.6 Å². The molecule has 0 aliphatic heterocycles. The Labute approximate surface area is 119 Å². The van der Waals surface area contributed by atoms with Crippen LogP contribution >= 0.6 is 15.9 Å². The number of hydrogen-bond acceptors (Lipinski definition) is 2. The molecule has 1 aromatic carbocycles. The molecule has 0 spiro atoms. The van der Waals surface area contributed by atoms with Gasteiger partial charge in [0, 0.05) is 6.54 Å². The lowest BCUT2D eigenvalue weighted by molar-refractivity contribution is 0.394. The zero-order valence-electron chi connectivity index (χ0n) is 12.1. The normalized spacial score (nSPS) is 11.9. The summed E-state index contributed by atoms with van der Waals surface area (Å²) in [6, 6.07) is 6.53. The second kappa shape index (κ2) is 6.58. The first-order valence-corrected chi connectivity index (χ1v) is 7.42. The third-order valence-electron chi connectivity index (χ3n) is 3.06. The maximum atomic E-state index is 5.46. The Hall–Kier alpha value is -0.540. The lowest BCUT2D eigenvalue weighted by atomic mass is 9.85. The highest BCUT2D eigenvalue weighted by atomic mass is 79.9. The Morgan fingerprint density at radius 1 is 1.28 bits per heavy atom. The predicted octanol–water partition coefficient (Wildman–Crippen LogP) is 3.82. The van der Waals surface area contributed by atoms with E-state index in [0.29, 0.717) is 0 Å². The van der Waals surface area contributed by atoms with Gasteiger partial charge in [0.15, 0.2) is 0 Å². The molecule has 0 saturated heterocycles. The van der Waals surface area contributed by atoms with E-state index in [9.17, 15) is 0 Å². The molecule has 0 saturated carbocycles. The maximum absolute atomic E-state index is 5.46. The van der Waals surface area contributed by atoms with Gasteiger partial charge in [0.25, 0.3) is 0 Å². The molecule has 0 radical (unpaired) electrons. The summed E-state index contributed by atoms with van der Waals surface area (Å²) in [4.78, 5) is 2.25. The molecule has 1 aromatic rings. The number of nitrogens with zero attached hydrogens (tertiary/aromatic N) is 1. The van der Waals surface area contributed by atoms with Crippen molar-refractivity contribution in [1.29, 1.82) is 0 Å². The molecule has 0 aliphatic carbocycles. The van der Waals surface area contributed by atoms with Crippen molar-refractivity contribution >= 4 is 15.9 Å². The molecular formula is C15H24BrNO. The summed E-state index contributed by atoms with van der Waals surface area (Å²) < 4.78 is 5.46. The van der Waals surface area contributed by atoms with Gasteiger partial charge in [-0.2, -0.15) is 0 Å². The fourth-order valence-corrected chi connectivity index (χ4v) is 2.13. The van der Waals surface area contributed by atoms with E-state index in [1.807, 2.05) is 0 Å². The van der Waals surface area contributed by atoms with Gasteiger partial charge in [-0.1, -0.05) is 48.8 Å². The number of benzene rings is 1. The van der Waals surface area contributed by atoms with Crippen molar-refractivity contribution in [3.8, 4) is 5.75 Å². The van der Waals surface area contributed by atoms with Crippen molar-refractivity contribution in [3.63, 3.8) is 0 Å². The summed E-state index contributed by atoms with van der Waals surface area (Å²) in [5, 5.41) is 0. The van der Waals surface area contributed by atoms with Crippen LogP contribution in [0.1, 0.15) is 31.9 Å². The van der Waals surface area contributed by atoms with Gasteiger partial charge < -0.3 is 4.74 Å². The van der Waals surface area contributed by atoms with E-state index in [2.05, 4.69) is 66.8 Å². The molecule has 0 aromatic heterocycles. The average molecular weight is 314 g/mol. The molecule has 3 heteroatoms. The van der Waals surface area contributed by atoms with Gasteiger partial charge in [-0.15, -0.1) is 0 Å². The van der Waals surface area contributed by atoms with Crippen LogP contribution in [0.25, 0.3) is 0 Å². The van der Waals surface area contributed by atoms with Crippen LogP contribution < -0.4 is 4.74 Å². The highest BCUT2D eigenvalue weighted by molar-refractivity contribution is 9.09. The van der Waals surface area contributed by atoms with Crippen LogP contribution in [0.5, 0.6) is 5.75 Å². The van der Waals surface area contributed by atoms with Gasteiger partial charge in [-0.25, -0.2) is 0 Å². The predicted molar refractivity (Wildman–Crippen MR) is 81.8 cm³/mol. The summed E-state index contributed by atoms with van der Waals surface area (Å²) in [6.07, 6.45) is 1.06. The van der Waals surface area contributed by atoms with Gasteiger partial charge in [0.1, 0.15) is 5.75 Å². The highest BCUT2D eigenvalue weighted by Crippen LogP contribution is 2.32. The molecule has 1 rings (SSSR count). The number of likely N-dealkylation sites (N-methyl/N-ethyl adjacent to an activating group) is 1. The Morgan fingerprint density at radius 2 is 1.94 bits per heavy atom. The smallest absolute Gasteiger partial charge is 0.122 e. The van der Waals surface area contributed by atoms with Gasteiger partial charge in [0.2, 0.25) is 0 Å². The molecule has 0 bridgehead atoms. The lowest BCUT2D eigenvalue weighted by Gasteiger charge is -2.23. The van der Waals surface area contributed by atoms with E-state index in [1.165, 1.54) is 11.1 Å². The number of ether oxygens (including phenoxy) is 1. The van der Waals surface area contributed by atoms with Gasteiger partial charge in [-0.3, -0.25) is 4.90 Å². The van der Waals surface area contributed by atoms with E-state index in [-0.39, 0.29) is 5.41 Å². The monoisotopic (exact) mass is 313 g/mol. The molecule has 0 unspecified atom stereocenters. The van der Waals surface area contributed by atoms with Crippen LogP contribution in [0, 0.1) is 0 Å². The largest absolute Gasteiger partial charge is 0.496 e. The molecule has 0 amide bonds. The summed E-state index contributed by atoms with van der Waals surface area (Å²) in [6.45, 7) is 7.72. The van der Waals surface area contributed by atoms with Crippen LogP contribution in [0.3, 0.4) is 0 Å². The first-order chi connectivity index (χ1) is 8.38. The third-order valence-corrected chi connectivity index (χ3v) is 3.91. The molecular weight excluding hydrogens is 290 g/mol. The molecule has 0 N–H and O–H groups in total. The molecule has 0 atom stereocenters. The van der Waals surface area contributed by atoms with E-state index in [1.54, 1.807) is 7.11 Å². The minimum Gasteiger partial charge on any atom is -0.496 e. The molecule has 102 valence electrons. The molecule has 18 heavy (non-hydrogen) atoms. The Bertz CT molecular complexity index is 385. The number of rotatable bonds is 5. The first kappa shape index (κ1) is 15.5. The van der Waals surface area contributed by atoms with Crippen molar-refractivity contribution in [2.24, 2.45) is 0 Å². The van der Waals surface area contributed by atoms with E-state index >= 15 is 0 Å². The van der Waals surface area contributed by atoms with Gasteiger partial charge in [-0.05, 0) is 36.1 Å². The molecule has 2 nitrogen and oxygen atoms in total. The fourth-order valence-electron chi connectivity index (χ4n) is 1.88. The standard InChI is InChI=1S/C15H24BrNO/c1-15(2,3)13-10-12(6-7-14(13)18-5)8-9-17(4)11-16/h6-7,10H,8-9,11H2,1-5H3. The quantitative estimate of drug-likeness (QED) is 0.605. The van der Waals surface area contributed by atoms with Crippen LogP contribution in [0.4, 0.5) is 0 Å². The zero-order chi connectivity index (χ0) is 13.8. The minimum atomic E-state index is 0.114. The maximum Gasteiger partial charge on any atom is 0.122 e. The number of alkyl halides is 1. The Kier molecular flexibility index (Phi) is 5.67. The van der Waals surface area contributed by atoms with Crippen molar-refractivity contribution < 1.29 is 4.74 Å². The highest BCUT2D eigenvalue weighted by Gasteiger charge is 2.19. The average Bonchev–Trinajstić information content (AvgIpc) is 2.34. The zero-order valence-corrected chi connectivity index (χ0v) is 13.7. The SMILES string of the molecule is COc1ccc(CCN(C)CBr)cc1C(C)(C)C. The van der Waals surface area contributed by atoms with Crippen LogP contribution in [0.15, 0.2) is 18.2 Å². The summed E-state index contributed by atoms with van der Waals surface area (Å²) in [7, 11) is 3.85. The van der Waals surface area contributed by atoms with Crippen molar-refractivity contribution in [3.05, 3.63) is 29.3 Å². The van der Waals surface area contributed by atoms with Crippen molar-refractivity contribution in [1.82, 2.24) is 4.90 Å². The van der Waals surface area contributed by atoms with Gasteiger partial charge in [0.05, 0.1) is 12.6 Å². The number of hydrogen-bond donors (Lipinski definition) is 0. The Morgan fingerprint density at radius 3 is 2.44 bits per heavy atom. The van der Waals surface area contributed by atoms with Crippen LogP contribution in [0.2, 0.25) is 0 Å². The number of methoxy groups -OCH3 is 1. The lowest BCUT2D eigenvalue weighted by Crippen LogP contribution is -2.19. The van der Waals surface area contributed by atoms with Crippen LogP contribution in [-0.2, 0) is 11.8 Å². The topological polar surface area (TPSA) is 12.5 Å².